The van der Waals surface area contributed by atoms with Crippen molar-refractivity contribution < 1.29 is 0 Å². The minimum Gasteiger partial charge on any atom is -0.394 e. The van der Waals surface area contributed by atoms with Crippen LogP contribution in [-0.2, 0) is 7.05 Å². The summed E-state index contributed by atoms with van der Waals surface area (Å²) < 4.78 is 1.74. The van der Waals surface area contributed by atoms with Gasteiger partial charge in [-0.15, -0.1) is 0 Å². The molecule has 14 heavy (non-hydrogen) atoms. The van der Waals surface area contributed by atoms with Crippen LogP contribution in [0.3, 0.4) is 0 Å². The van der Waals surface area contributed by atoms with Crippen molar-refractivity contribution in [1.82, 2.24) is 9.78 Å². The lowest BCUT2D eigenvalue weighted by Crippen LogP contribution is -2.33. The van der Waals surface area contributed by atoms with Crippen molar-refractivity contribution in [1.29, 1.82) is 0 Å². The topological polar surface area (TPSA) is 47.1 Å². The first-order valence-electron chi connectivity index (χ1n) is 4.95. The van der Waals surface area contributed by atoms with Crippen LogP contribution < -0.4 is 10.6 Å². The van der Waals surface area contributed by atoms with Crippen molar-refractivity contribution in [3.8, 4) is 0 Å². The van der Waals surface area contributed by atoms with Gasteiger partial charge >= 0.3 is 0 Å². The smallest absolute Gasteiger partial charge is 0.173 e. The summed E-state index contributed by atoms with van der Waals surface area (Å²) >= 11 is 0. The summed E-state index contributed by atoms with van der Waals surface area (Å²) in [5.41, 5.74) is 6.59. The molecule has 0 aromatic carbocycles. The normalized spacial score (nSPS) is 13.3. The fourth-order valence-corrected chi connectivity index (χ4v) is 1.41. The average molecular weight is 196 g/mol. The van der Waals surface area contributed by atoms with Gasteiger partial charge in [-0.25, -0.2) is 0 Å². The molecule has 1 unspecified atom stereocenters. The number of rotatable bonds is 3. The molecule has 1 aromatic heterocycles. The Hall–Kier alpha value is -1.19. The highest BCUT2D eigenvalue weighted by atomic mass is 15.3. The molecule has 0 spiro atoms. The van der Waals surface area contributed by atoms with E-state index < -0.39 is 0 Å². The lowest BCUT2D eigenvalue weighted by Gasteiger charge is -2.28. The van der Waals surface area contributed by atoms with Crippen molar-refractivity contribution in [3.63, 3.8) is 0 Å². The van der Waals surface area contributed by atoms with E-state index in [0.717, 1.165) is 11.5 Å². The first-order valence-corrected chi connectivity index (χ1v) is 4.95. The lowest BCUT2D eigenvalue weighted by atomic mass is 10.1. The SMILES string of the molecule is CC(C)C(C)N(C)c1nn(C)cc1N. The van der Waals surface area contributed by atoms with Gasteiger partial charge in [0.1, 0.15) is 0 Å². The number of nitrogens with two attached hydrogens (primary N) is 1. The fourth-order valence-electron chi connectivity index (χ4n) is 1.41. The zero-order valence-electron chi connectivity index (χ0n) is 9.65. The molecule has 0 fully saturated rings. The molecule has 0 aliphatic carbocycles. The number of anilines is 2. The summed E-state index contributed by atoms with van der Waals surface area (Å²) in [6.07, 6.45) is 1.83. The summed E-state index contributed by atoms with van der Waals surface area (Å²) in [4.78, 5) is 2.12. The third-order valence-corrected chi connectivity index (χ3v) is 2.75. The van der Waals surface area contributed by atoms with Crippen LogP contribution in [0.2, 0.25) is 0 Å². The van der Waals surface area contributed by atoms with Crippen LogP contribution >= 0.6 is 0 Å². The number of hydrogen-bond acceptors (Lipinski definition) is 3. The second-order valence-corrected chi connectivity index (χ2v) is 4.18. The van der Waals surface area contributed by atoms with E-state index in [-0.39, 0.29) is 0 Å². The minimum atomic E-state index is 0.437. The maximum atomic E-state index is 5.86. The van der Waals surface area contributed by atoms with Gasteiger partial charge in [-0.05, 0) is 12.8 Å². The first kappa shape index (κ1) is 10.9. The molecule has 4 nitrogen and oxygen atoms in total. The molecule has 0 saturated carbocycles. The highest BCUT2D eigenvalue weighted by Gasteiger charge is 2.17. The maximum absolute atomic E-state index is 5.86. The van der Waals surface area contributed by atoms with Gasteiger partial charge in [-0.2, -0.15) is 5.10 Å². The molecule has 1 atom stereocenters. The molecule has 1 rings (SSSR count). The third kappa shape index (κ3) is 2.00. The van der Waals surface area contributed by atoms with Crippen molar-refractivity contribution in [3.05, 3.63) is 6.20 Å². The second-order valence-electron chi connectivity index (χ2n) is 4.18. The standard InChI is InChI=1S/C10H20N4/c1-7(2)8(3)14(5)10-9(11)6-13(4)12-10/h6-8H,11H2,1-5H3. The Labute approximate surface area is 85.7 Å². The van der Waals surface area contributed by atoms with E-state index in [9.17, 15) is 0 Å². The molecule has 0 saturated heterocycles. The Balaban J connectivity index is 2.88. The van der Waals surface area contributed by atoms with E-state index >= 15 is 0 Å². The predicted molar refractivity (Wildman–Crippen MR) is 60.3 cm³/mol. The average Bonchev–Trinajstić information content (AvgIpc) is 2.42. The Morgan fingerprint density at radius 3 is 2.36 bits per heavy atom. The summed E-state index contributed by atoms with van der Waals surface area (Å²) in [5, 5.41) is 4.33. The lowest BCUT2D eigenvalue weighted by molar-refractivity contribution is 0.501. The van der Waals surface area contributed by atoms with Gasteiger partial charge in [0.2, 0.25) is 0 Å². The Bertz CT molecular complexity index is 303. The van der Waals surface area contributed by atoms with Gasteiger partial charge < -0.3 is 10.6 Å². The van der Waals surface area contributed by atoms with E-state index in [1.807, 2.05) is 20.3 Å². The largest absolute Gasteiger partial charge is 0.394 e. The van der Waals surface area contributed by atoms with Crippen LogP contribution in [0.5, 0.6) is 0 Å². The van der Waals surface area contributed by atoms with Gasteiger partial charge in [0.25, 0.3) is 0 Å². The summed E-state index contributed by atoms with van der Waals surface area (Å²) in [5.74, 6) is 1.45. The molecule has 0 bridgehead atoms. The van der Waals surface area contributed by atoms with Crippen LogP contribution in [0, 0.1) is 5.92 Å². The molecule has 0 aliphatic heterocycles. The second kappa shape index (κ2) is 3.90. The van der Waals surface area contributed by atoms with Gasteiger partial charge in [0.05, 0.1) is 5.69 Å². The molecule has 80 valence electrons. The van der Waals surface area contributed by atoms with Gasteiger partial charge in [0.15, 0.2) is 5.82 Å². The predicted octanol–water partition coefficient (Wildman–Crippen LogP) is 1.48. The molecular weight excluding hydrogens is 176 g/mol. The quantitative estimate of drug-likeness (QED) is 0.796. The Morgan fingerprint density at radius 2 is 2.00 bits per heavy atom. The van der Waals surface area contributed by atoms with Crippen molar-refractivity contribution in [2.24, 2.45) is 13.0 Å². The van der Waals surface area contributed by atoms with Crippen LogP contribution in [0.25, 0.3) is 0 Å². The van der Waals surface area contributed by atoms with E-state index in [4.69, 9.17) is 5.73 Å². The van der Waals surface area contributed by atoms with Gasteiger partial charge in [-0.1, -0.05) is 13.8 Å². The summed E-state index contributed by atoms with van der Waals surface area (Å²) in [7, 11) is 3.91. The molecule has 1 aromatic rings. The maximum Gasteiger partial charge on any atom is 0.173 e. The molecule has 0 amide bonds. The molecular formula is C10H20N4. The summed E-state index contributed by atoms with van der Waals surface area (Å²) in [6.45, 7) is 6.57. The van der Waals surface area contributed by atoms with E-state index in [1.54, 1.807) is 4.68 Å². The summed E-state index contributed by atoms with van der Waals surface area (Å²) in [6, 6.07) is 0.437. The highest BCUT2D eigenvalue weighted by Crippen LogP contribution is 2.23. The number of nitrogen functional groups attached to an aromatic ring is 1. The zero-order chi connectivity index (χ0) is 10.9. The minimum absolute atomic E-state index is 0.437. The van der Waals surface area contributed by atoms with E-state index in [2.05, 4.69) is 30.8 Å². The number of aromatic nitrogens is 2. The molecule has 0 radical (unpaired) electrons. The molecule has 0 aliphatic rings. The Morgan fingerprint density at radius 1 is 1.43 bits per heavy atom. The third-order valence-electron chi connectivity index (χ3n) is 2.75. The zero-order valence-corrected chi connectivity index (χ0v) is 9.65. The van der Waals surface area contributed by atoms with Crippen LogP contribution in [-0.4, -0.2) is 22.9 Å². The van der Waals surface area contributed by atoms with Crippen molar-refractivity contribution in [2.75, 3.05) is 17.7 Å². The van der Waals surface area contributed by atoms with Crippen LogP contribution in [0.4, 0.5) is 11.5 Å². The fraction of sp³-hybridized carbons (Fsp3) is 0.700. The monoisotopic (exact) mass is 196 g/mol. The number of nitrogens with zero attached hydrogens (tertiary/aromatic N) is 3. The molecule has 2 N–H and O–H groups in total. The van der Waals surface area contributed by atoms with E-state index in [1.165, 1.54) is 0 Å². The molecule has 1 heterocycles. The van der Waals surface area contributed by atoms with Crippen LogP contribution in [0.15, 0.2) is 6.20 Å². The number of aryl methyl sites for hydroxylation is 1. The molecule has 4 heteroatoms. The van der Waals surface area contributed by atoms with Crippen molar-refractivity contribution >= 4 is 11.5 Å². The first-order chi connectivity index (χ1) is 6.43. The van der Waals surface area contributed by atoms with Crippen LogP contribution in [0.1, 0.15) is 20.8 Å². The van der Waals surface area contributed by atoms with Crippen molar-refractivity contribution in [2.45, 2.75) is 26.8 Å². The Kier molecular flexibility index (Phi) is 3.03. The van der Waals surface area contributed by atoms with Gasteiger partial charge in [0, 0.05) is 26.3 Å². The van der Waals surface area contributed by atoms with E-state index in [0.29, 0.717) is 12.0 Å². The highest BCUT2D eigenvalue weighted by molar-refractivity contribution is 5.61. The number of hydrogen-bond donors (Lipinski definition) is 1. The van der Waals surface area contributed by atoms with Gasteiger partial charge in [-0.3, -0.25) is 4.68 Å².